The van der Waals surface area contributed by atoms with Crippen LogP contribution in [-0.4, -0.2) is 61.4 Å². The van der Waals surface area contributed by atoms with Crippen LogP contribution in [0.1, 0.15) is 6.42 Å². The third-order valence-electron chi connectivity index (χ3n) is 4.53. The molecule has 0 N–H and O–H groups in total. The number of rotatable bonds is 11. The van der Waals surface area contributed by atoms with E-state index < -0.39 is 66.4 Å². The van der Waals surface area contributed by atoms with Gasteiger partial charge in [0.15, 0.2) is 0 Å². The average molecular weight is 570 g/mol. The van der Waals surface area contributed by atoms with Crippen LogP contribution in [-0.2, 0) is 0 Å². The maximum Gasteiger partial charge on any atom is 0.460 e. The topological polar surface area (TPSA) is 18.5 Å². The van der Waals surface area contributed by atoms with Gasteiger partial charge in [-0.3, -0.25) is 0 Å². The highest BCUT2D eigenvalue weighted by molar-refractivity contribution is 5.31. The Bertz CT molecular complexity index is 889. The van der Waals surface area contributed by atoms with Gasteiger partial charge in [-0.15, -0.1) is 0 Å². The highest BCUT2D eigenvalue weighted by atomic mass is 19.4. The van der Waals surface area contributed by atoms with Crippen LogP contribution >= 0.6 is 0 Å². The number of alkyl halides is 17. The van der Waals surface area contributed by atoms with Crippen LogP contribution < -0.4 is 9.47 Å². The number of halogens is 17. The van der Waals surface area contributed by atoms with Gasteiger partial charge in [0, 0.05) is 0 Å². The fourth-order valence-corrected chi connectivity index (χ4v) is 2.32. The quantitative estimate of drug-likeness (QED) is 0.257. The molecule has 0 aliphatic rings. The minimum atomic E-state index is -8.64. The van der Waals surface area contributed by atoms with E-state index in [1.54, 1.807) is 0 Å². The van der Waals surface area contributed by atoms with E-state index in [1.165, 1.54) is 7.11 Å². The molecule has 0 amide bonds. The molecule has 0 saturated carbocycles. The summed E-state index contributed by atoms with van der Waals surface area (Å²) in [6, 6.07) is 4.11. The summed E-state index contributed by atoms with van der Waals surface area (Å²) in [5.41, 5.74) is 0. The second kappa shape index (κ2) is 9.18. The number of hydrogen-bond donors (Lipinski definition) is 0. The van der Waals surface area contributed by atoms with Crippen LogP contribution in [0.15, 0.2) is 24.3 Å². The minimum absolute atomic E-state index is 0.148. The Morgan fingerprint density at radius 3 is 1.19 bits per heavy atom. The van der Waals surface area contributed by atoms with E-state index in [9.17, 15) is 74.6 Å². The van der Waals surface area contributed by atoms with E-state index in [1.807, 2.05) is 0 Å². The first-order valence-electron chi connectivity index (χ1n) is 8.74. The second-order valence-corrected chi connectivity index (χ2v) is 6.92. The molecule has 36 heavy (non-hydrogen) atoms. The molecular formula is C17H11F17O2. The van der Waals surface area contributed by atoms with E-state index in [4.69, 9.17) is 0 Å². The normalized spacial score (nSPS) is 15.2. The zero-order chi connectivity index (χ0) is 28.8. The molecule has 1 rings (SSSR count). The van der Waals surface area contributed by atoms with E-state index >= 15 is 0 Å². The van der Waals surface area contributed by atoms with Crippen LogP contribution in [0.2, 0.25) is 0 Å². The van der Waals surface area contributed by atoms with Gasteiger partial charge >= 0.3 is 47.6 Å². The molecule has 0 atom stereocenters. The van der Waals surface area contributed by atoms with Crippen molar-refractivity contribution < 1.29 is 84.1 Å². The third kappa shape index (κ3) is 4.68. The first kappa shape index (κ1) is 31.7. The molecule has 19 heteroatoms. The zero-order valence-corrected chi connectivity index (χ0v) is 17.0. The first-order chi connectivity index (χ1) is 15.8. The summed E-state index contributed by atoms with van der Waals surface area (Å²) in [4.78, 5) is 0. The van der Waals surface area contributed by atoms with Crippen molar-refractivity contribution in [2.45, 2.75) is 54.1 Å². The van der Waals surface area contributed by atoms with Crippen molar-refractivity contribution in [1.29, 1.82) is 0 Å². The SMILES string of the molecule is COc1ccc(OCCC(F)(F)C(F)(F)C(F)(F)C(F)(F)C(F)(F)C(F)(F)C(F)(F)C(F)(F)F)cc1. The van der Waals surface area contributed by atoms with E-state index in [2.05, 4.69) is 9.47 Å². The summed E-state index contributed by atoms with van der Waals surface area (Å²) in [6.45, 7) is -1.71. The fraction of sp³-hybridized carbons (Fsp3) is 0.647. The van der Waals surface area contributed by atoms with Gasteiger partial charge in [-0.05, 0) is 24.3 Å². The molecule has 1 aromatic rings. The Hall–Kier alpha value is -2.37. The average Bonchev–Trinajstić information content (AvgIpc) is 2.72. The fourth-order valence-electron chi connectivity index (χ4n) is 2.32. The van der Waals surface area contributed by atoms with E-state index in [0.717, 1.165) is 24.3 Å². The predicted octanol–water partition coefficient (Wildman–Crippen LogP) is 7.47. The van der Waals surface area contributed by atoms with E-state index in [-0.39, 0.29) is 5.75 Å². The van der Waals surface area contributed by atoms with Gasteiger partial charge in [-0.1, -0.05) is 0 Å². The van der Waals surface area contributed by atoms with Gasteiger partial charge in [-0.2, -0.15) is 74.6 Å². The predicted molar refractivity (Wildman–Crippen MR) is 83.8 cm³/mol. The molecule has 1 aromatic carbocycles. The zero-order valence-electron chi connectivity index (χ0n) is 17.0. The van der Waals surface area contributed by atoms with Gasteiger partial charge in [-0.25, -0.2) is 0 Å². The molecule has 0 fully saturated rings. The lowest BCUT2D eigenvalue weighted by atomic mass is 9.88. The van der Waals surface area contributed by atoms with Crippen molar-refractivity contribution in [2.24, 2.45) is 0 Å². The lowest BCUT2D eigenvalue weighted by molar-refractivity contribution is -0.461. The highest BCUT2D eigenvalue weighted by Crippen LogP contribution is 2.64. The summed E-state index contributed by atoms with van der Waals surface area (Å²) >= 11 is 0. The van der Waals surface area contributed by atoms with Crippen LogP contribution in [0.5, 0.6) is 11.5 Å². The van der Waals surface area contributed by atoms with Crippen molar-refractivity contribution in [3.05, 3.63) is 24.3 Å². The summed E-state index contributed by atoms with van der Waals surface area (Å²) in [5.74, 6) is -56.7. The molecule has 0 spiro atoms. The van der Waals surface area contributed by atoms with Crippen LogP contribution in [0.4, 0.5) is 74.6 Å². The molecule has 0 radical (unpaired) electrons. The summed E-state index contributed by atoms with van der Waals surface area (Å²) in [6.07, 6.45) is -10.4. The monoisotopic (exact) mass is 570 g/mol. The Morgan fingerprint density at radius 1 is 0.500 bits per heavy atom. The van der Waals surface area contributed by atoms with Gasteiger partial charge in [0.25, 0.3) is 0 Å². The molecule has 0 bridgehead atoms. The van der Waals surface area contributed by atoms with Crippen LogP contribution in [0.3, 0.4) is 0 Å². The molecule has 2 nitrogen and oxygen atoms in total. The first-order valence-corrected chi connectivity index (χ1v) is 8.74. The molecule has 0 unspecified atom stereocenters. The number of methoxy groups -OCH3 is 1. The van der Waals surface area contributed by atoms with Gasteiger partial charge in [0.1, 0.15) is 11.5 Å². The smallest absolute Gasteiger partial charge is 0.460 e. The van der Waals surface area contributed by atoms with Crippen molar-refractivity contribution in [3.8, 4) is 11.5 Å². The summed E-state index contributed by atoms with van der Waals surface area (Å²) in [7, 11) is 1.18. The van der Waals surface area contributed by atoms with Crippen LogP contribution in [0.25, 0.3) is 0 Å². The molecule has 0 aromatic heterocycles. The Balaban J connectivity index is 3.30. The highest BCUT2D eigenvalue weighted by Gasteiger charge is 2.95. The lowest BCUT2D eigenvalue weighted by Crippen LogP contribution is -2.74. The molecular weight excluding hydrogens is 559 g/mol. The van der Waals surface area contributed by atoms with Gasteiger partial charge < -0.3 is 9.47 Å². The third-order valence-corrected chi connectivity index (χ3v) is 4.53. The maximum atomic E-state index is 13.7. The maximum absolute atomic E-state index is 13.7. The standard InChI is InChI=1S/C17H11F17O2/c1-35-8-2-4-9(5-3-8)36-7-6-10(18,19)11(20,21)12(22,23)13(24,25)14(26,27)15(28,29)16(30,31)17(32,33)34/h2-5H,6-7H2,1H3. The Morgan fingerprint density at radius 2 is 0.833 bits per heavy atom. The molecule has 0 saturated heterocycles. The second-order valence-electron chi connectivity index (χ2n) is 6.92. The number of benzene rings is 1. The van der Waals surface area contributed by atoms with Crippen molar-refractivity contribution in [3.63, 3.8) is 0 Å². The van der Waals surface area contributed by atoms with Gasteiger partial charge in [0.2, 0.25) is 0 Å². The minimum Gasteiger partial charge on any atom is -0.497 e. The van der Waals surface area contributed by atoms with Gasteiger partial charge in [0.05, 0.1) is 20.1 Å². The summed E-state index contributed by atoms with van der Waals surface area (Å²) < 4.78 is 233. The van der Waals surface area contributed by atoms with Crippen LogP contribution in [0, 0.1) is 0 Å². The number of ether oxygens (including phenoxy) is 2. The number of hydrogen-bond acceptors (Lipinski definition) is 2. The lowest BCUT2D eigenvalue weighted by Gasteiger charge is -2.42. The van der Waals surface area contributed by atoms with Crippen molar-refractivity contribution >= 4 is 0 Å². The van der Waals surface area contributed by atoms with Crippen molar-refractivity contribution in [1.82, 2.24) is 0 Å². The largest absolute Gasteiger partial charge is 0.497 e. The molecule has 0 heterocycles. The molecule has 0 aliphatic heterocycles. The molecule has 210 valence electrons. The Labute approximate surface area is 188 Å². The van der Waals surface area contributed by atoms with E-state index in [0.29, 0.717) is 0 Å². The molecule has 0 aliphatic carbocycles. The Kier molecular flexibility index (Phi) is 8.07. The van der Waals surface area contributed by atoms with Crippen molar-refractivity contribution in [2.75, 3.05) is 13.7 Å². The summed E-state index contributed by atoms with van der Waals surface area (Å²) in [5, 5.41) is 0.